The van der Waals surface area contributed by atoms with Crippen LogP contribution in [0.2, 0.25) is 0 Å². The van der Waals surface area contributed by atoms with Gasteiger partial charge in [-0.1, -0.05) is 15.9 Å². The first-order chi connectivity index (χ1) is 8.97. The molecule has 0 saturated carbocycles. The Morgan fingerprint density at radius 2 is 2.05 bits per heavy atom. The molecule has 0 spiro atoms. The predicted octanol–water partition coefficient (Wildman–Crippen LogP) is 3.29. The van der Waals surface area contributed by atoms with Crippen LogP contribution in [-0.2, 0) is 0 Å². The van der Waals surface area contributed by atoms with Gasteiger partial charge in [-0.3, -0.25) is 4.79 Å². The van der Waals surface area contributed by atoms with E-state index in [9.17, 15) is 4.79 Å². The molecule has 1 heterocycles. The minimum atomic E-state index is -0.175. The molecule has 0 N–H and O–H groups in total. The van der Waals surface area contributed by atoms with Gasteiger partial charge in [0.25, 0.3) is 5.91 Å². The van der Waals surface area contributed by atoms with Crippen molar-refractivity contribution in [2.75, 3.05) is 6.61 Å². The molecule has 0 radical (unpaired) electrons. The SMILES string of the molecule is Cc1cc(C)n(C(=O)COc2ccc(Br)c(C)c2)n1. The van der Waals surface area contributed by atoms with Gasteiger partial charge in [0.1, 0.15) is 5.75 Å². The number of halogens is 1. The van der Waals surface area contributed by atoms with Crippen LogP contribution in [0.5, 0.6) is 5.75 Å². The van der Waals surface area contributed by atoms with Crippen LogP contribution < -0.4 is 4.74 Å². The second-order valence-electron chi connectivity index (χ2n) is 4.43. The number of aromatic nitrogens is 2. The lowest BCUT2D eigenvalue weighted by Crippen LogP contribution is -2.21. The summed E-state index contributed by atoms with van der Waals surface area (Å²) in [6.07, 6.45) is 0. The van der Waals surface area contributed by atoms with Crippen LogP contribution in [0.3, 0.4) is 0 Å². The Balaban J connectivity index is 2.04. The standard InChI is InChI=1S/C14H15BrN2O2/c1-9-6-12(4-5-13(9)15)19-8-14(18)17-11(3)7-10(2)16-17/h4-7H,8H2,1-3H3. The molecule has 100 valence electrons. The summed E-state index contributed by atoms with van der Waals surface area (Å²) >= 11 is 3.42. The van der Waals surface area contributed by atoms with Crippen molar-refractivity contribution in [3.05, 3.63) is 45.7 Å². The van der Waals surface area contributed by atoms with E-state index in [1.807, 2.05) is 45.0 Å². The summed E-state index contributed by atoms with van der Waals surface area (Å²) in [5.74, 6) is 0.502. The van der Waals surface area contributed by atoms with Crippen molar-refractivity contribution >= 4 is 21.8 Å². The van der Waals surface area contributed by atoms with E-state index in [1.165, 1.54) is 4.68 Å². The molecule has 1 aromatic heterocycles. The number of carbonyl (C=O) groups is 1. The Morgan fingerprint density at radius 3 is 2.63 bits per heavy atom. The average molecular weight is 323 g/mol. The Labute approximate surface area is 120 Å². The van der Waals surface area contributed by atoms with Crippen molar-refractivity contribution in [3.8, 4) is 5.75 Å². The topological polar surface area (TPSA) is 44.1 Å². The molecule has 0 amide bonds. The summed E-state index contributed by atoms with van der Waals surface area (Å²) in [7, 11) is 0. The lowest BCUT2D eigenvalue weighted by molar-refractivity contribution is 0.0818. The van der Waals surface area contributed by atoms with Crippen LogP contribution in [0.4, 0.5) is 0 Å². The Hall–Kier alpha value is -1.62. The van der Waals surface area contributed by atoms with Crippen molar-refractivity contribution in [1.29, 1.82) is 0 Å². The van der Waals surface area contributed by atoms with E-state index in [2.05, 4.69) is 21.0 Å². The largest absolute Gasteiger partial charge is 0.484 e. The van der Waals surface area contributed by atoms with E-state index in [0.29, 0.717) is 5.75 Å². The number of carbonyl (C=O) groups excluding carboxylic acids is 1. The van der Waals surface area contributed by atoms with Gasteiger partial charge in [-0.2, -0.15) is 5.10 Å². The maximum atomic E-state index is 12.0. The third-order valence-electron chi connectivity index (χ3n) is 2.74. The Kier molecular flexibility index (Phi) is 4.04. The molecule has 0 aliphatic heterocycles. The normalized spacial score (nSPS) is 10.5. The summed E-state index contributed by atoms with van der Waals surface area (Å²) in [5, 5.41) is 4.13. The fraction of sp³-hybridized carbons (Fsp3) is 0.286. The molecule has 0 aliphatic carbocycles. The molecule has 2 rings (SSSR count). The molecule has 4 nitrogen and oxygen atoms in total. The molecule has 1 aromatic carbocycles. The van der Waals surface area contributed by atoms with E-state index in [4.69, 9.17) is 4.74 Å². The number of aryl methyl sites for hydroxylation is 3. The number of hydrogen-bond donors (Lipinski definition) is 0. The summed E-state index contributed by atoms with van der Waals surface area (Å²) in [4.78, 5) is 12.0. The number of nitrogens with zero attached hydrogens (tertiary/aromatic N) is 2. The van der Waals surface area contributed by atoms with Gasteiger partial charge in [-0.15, -0.1) is 0 Å². The molecular formula is C14H15BrN2O2. The predicted molar refractivity (Wildman–Crippen MR) is 76.7 cm³/mol. The molecular weight excluding hydrogens is 308 g/mol. The van der Waals surface area contributed by atoms with Crippen LogP contribution in [0, 0.1) is 20.8 Å². The zero-order valence-corrected chi connectivity index (χ0v) is 12.7. The van der Waals surface area contributed by atoms with Gasteiger partial charge in [0.2, 0.25) is 0 Å². The van der Waals surface area contributed by atoms with Crippen LogP contribution in [-0.4, -0.2) is 22.3 Å². The molecule has 0 fully saturated rings. The second-order valence-corrected chi connectivity index (χ2v) is 5.29. The molecule has 19 heavy (non-hydrogen) atoms. The first-order valence-corrected chi connectivity index (χ1v) is 6.72. The minimum absolute atomic E-state index is 0.0248. The van der Waals surface area contributed by atoms with Crippen LogP contribution in [0.25, 0.3) is 0 Å². The summed E-state index contributed by atoms with van der Waals surface area (Å²) < 4.78 is 7.89. The van der Waals surface area contributed by atoms with E-state index in [0.717, 1.165) is 21.4 Å². The minimum Gasteiger partial charge on any atom is -0.484 e. The van der Waals surface area contributed by atoms with Crippen LogP contribution in [0.1, 0.15) is 21.7 Å². The Bertz CT molecular complexity index is 620. The number of rotatable bonds is 3. The van der Waals surface area contributed by atoms with Gasteiger partial charge in [0, 0.05) is 10.2 Å². The highest BCUT2D eigenvalue weighted by molar-refractivity contribution is 9.10. The molecule has 2 aromatic rings. The number of ether oxygens (including phenoxy) is 1. The maximum absolute atomic E-state index is 12.0. The zero-order chi connectivity index (χ0) is 14.0. The van der Waals surface area contributed by atoms with Crippen molar-refractivity contribution < 1.29 is 9.53 Å². The third kappa shape index (κ3) is 3.23. The molecule has 0 unspecified atom stereocenters. The molecule has 5 heteroatoms. The first-order valence-electron chi connectivity index (χ1n) is 5.93. The van der Waals surface area contributed by atoms with E-state index in [1.54, 1.807) is 0 Å². The van der Waals surface area contributed by atoms with Gasteiger partial charge < -0.3 is 4.74 Å². The quantitative estimate of drug-likeness (QED) is 0.871. The second kappa shape index (κ2) is 5.57. The van der Waals surface area contributed by atoms with Crippen molar-refractivity contribution in [3.63, 3.8) is 0 Å². The van der Waals surface area contributed by atoms with E-state index in [-0.39, 0.29) is 12.5 Å². The first kappa shape index (κ1) is 13.8. The van der Waals surface area contributed by atoms with Gasteiger partial charge in [-0.05, 0) is 50.6 Å². The average Bonchev–Trinajstić information content (AvgIpc) is 2.70. The highest BCUT2D eigenvalue weighted by Crippen LogP contribution is 2.21. The smallest absolute Gasteiger partial charge is 0.284 e. The molecule has 0 atom stereocenters. The van der Waals surface area contributed by atoms with Crippen LogP contribution in [0.15, 0.2) is 28.7 Å². The summed E-state index contributed by atoms with van der Waals surface area (Å²) in [5.41, 5.74) is 2.71. The zero-order valence-electron chi connectivity index (χ0n) is 11.1. The molecule has 0 bridgehead atoms. The van der Waals surface area contributed by atoms with Crippen molar-refractivity contribution in [1.82, 2.24) is 9.78 Å². The van der Waals surface area contributed by atoms with Gasteiger partial charge in [0.05, 0.1) is 5.69 Å². The lowest BCUT2D eigenvalue weighted by Gasteiger charge is -2.08. The highest BCUT2D eigenvalue weighted by Gasteiger charge is 2.11. The van der Waals surface area contributed by atoms with Crippen molar-refractivity contribution in [2.24, 2.45) is 0 Å². The summed E-state index contributed by atoms with van der Waals surface area (Å²) in [6.45, 7) is 5.65. The molecule has 0 aliphatic rings. The maximum Gasteiger partial charge on any atom is 0.284 e. The van der Waals surface area contributed by atoms with Crippen molar-refractivity contribution in [2.45, 2.75) is 20.8 Å². The summed E-state index contributed by atoms with van der Waals surface area (Å²) in [6, 6.07) is 7.48. The Morgan fingerprint density at radius 1 is 1.32 bits per heavy atom. The number of benzene rings is 1. The van der Waals surface area contributed by atoms with E-state index < -0.39 is 0 Å². The van der Waals surface area contributed by atoms with Crippen LogP contribution >= 0.6 is 15.9 Å². The van der Waals surface area contributed by atoms with E-state index >= 15 is 0 Å². The van der Waals surface area contributed by atoms with Gasteiger partial charge in [0.15, 0.2) is 6.61 Å². The number of hydrogen-bond acceptors (Lipinski definition) is 3. The van der Waals surface area contributed by atoms with Gasteiger partial charge >= 0.3 is 0 Å². The third-order valence-corrected chi connectivity index (χ3v) is 3.63. The highest BCUT2D eigenvalue weighted by atomic mass is 79.9. The van der Waals surface area contributed by atoms with Gasteiger partial charge in [-0.25, -0.2) is 4.68 Å². The fourth-order valence-electron chi connectivity index (χ4n) is 1.79. The molecule has 0 saturated heterocycles. The lowest BCUT2D eigenvalue weighted by atomic mass is 10.2. The fourth-order valence-corrected chi connectivity index (χ4v) is 2.04. The monoisotopic (exact) mass is 322 g/mol.